The van der Waals surface area contributed by atoms with Gasteiger partial charge in [0, 0.05) is 10.8 Å². The number of nitrogens with one attached hydrogen (secondary N) is 1. The summed E-state index contributed by atoms with van der Waals surface area (Å²) in [4.78, 5) is 25.5. The van der Waals surface area contributed by atoms with E-state index in [9.17, 15) is 9.59 Å². The third-order valence-corrected chi connectivity index (χ3v) is 4.87. The average molecular weight is 309 g/mol. The predicted octanol–water partition coefficient (Wildman–Crippen LogP) is 3.79. The van der Waals surface area contributed by atoms with Gasteiger partial charge in [-0.2, -0.15) is 0 Å². The van der Waals surface area contributed by atoms with Crippen LogP contribution in [0.2, 0.25) is 0 Å². The summed E-state index contributed by atoms with van der Waals surface area (Å²) >= 11 is 1.54. The predicted molar refractivity (Wildman–Crippen MR) is 85.0 cm³/mol. The SMILES string of the molecule is CCOC(=O)c1c(NC(=O)C(C)C)sc2c1CCCCC2. The van der Waals surface area contributed by atoms with Crippen molar-refractivity contribution in [2.75, 3.05) is 11.9 Å². The lowest BCUT2D eigenvalue weighted by molar-refractivity contribution is -0.118. The maximum absolute atomic E-state index is 12.3. The number of anilines is 1. The second-order valence-electron chi connectivity index (χ2n) is 5.63. The highest BCUT2D eigenvalue weighted by atomic mass is 32.1. The van der Waals surface area contributed by atoms with Crippen molar-refractivity contribution in [1.29, 1.82) is 0 Å². The van der Waals surface area contributed by atoms with E-state index in [2.05, 4.69) is 5.32 Å². The van der Waals surface area contributed by atoms with Crippen LogP contribution >= 0.6 is 11.3 Å². The van der Waals surface area contributed by atoms with Gasteiger partial charge in [-0.25, -0.2) is 4.79 Å². The van der Waals surface area contributed by atoms with Crippen LogP contribution in [0.5, 0.6) is 0 Å². The highest BCUT2D eigenvalue weighted by Crippen LogP contribution is 2.38. The van der Waals surface area contributed by atoms with E-state index in [0.29, 0.717) is 17.2 Å². The molecule has 5 heteroatoms. The molecule has 1 N–H and O–H groups in total. The van der Waals surface area contributed by atoms with Gasteiger partial charge >= 0.3 is 5.97 Å². The van der Waals surface area contributed by atoms with E-state index in [4.69, 9.17) is 4.74 Å². The second-order valence-corrected chi connectivity index (χ2v) is 6.74. The van der Waals surface area contributed by atoms with Crippen molar-refractivity contribution in [2.45, 2.75) is 52.9 Å². The molecule has 2 rings (SSSR count). The van der Waals surface area contributed by atoms with Crippen molar-refractivity contribution < 1.29 is 14.3 Å². The number of carbonyl (C=O) groups excluding carboxylic acids is 2. The van der Waals surface area contributed by atoms with Gasteiger partial charge in [-0.05, 0) is 38.2 Å². The van der Waals surface area contributed by atoms with Gasteiger partial charge in [-0.1, -0.05) is 20.3 Å². The smallest absolute Gasteiger partial charge is 0.341 e. The van der Waals surface area contributed by atoms with Gasteiger partial charge in [-0.3, -0.25) is 4.79 Å². The third-order valence-electron chi connectivity index (χ3n) is 3.66. The van der Waals surface area contributed by atoms with Crippen molar-refractivity contribution in [3.05, 3.63) is 16.0 Å². The zero-order valence-electron chi connectivity index (χ0n) is 13.0. The van der Waals surface area contributed by atoms with Gasteiger partial charge in [0.25, 0.3) is 0 Å². The second kappa shape index (κ2) is 7.07. The zero-order chi connectivity index (χ0) is 15.4. The van der Waals surface area contributed by atoms with Gasteiger partial charge in [0.05, 0.1) is 12.2 Å². The maximum atomic E-state index is 12.3. The Labute approximate surface area is 129 Å². The molecule has 1 aromatic rings. The number of esters is 1. The number of hydrogen-bond donors (Lipinski definition) is 1. The van der Waals surface area contributed by atoms with E-state index in [1.54, 1.807) is 18.3 Å². The Bertz CT molecular complexity index is 534. The molecule has 116 valence electrons. The molecule has 0 atom stereocenters. The summed E-state index contributed by atoms with van der Waals surface area (Å²) in [5.41, 5.74) is 1.68. The standard InChI is InChI=1S/C16H23NO3S/c1-4-20-16(19)13-11-8-6-5-7-9-12(11)21-15(13)17-14(18)10(2)3/h10H,4-9H2,1-3H3,(H,17,18). The Hall–Kier alpha value is -1.36. The van der Waals surface area contributed by atoms with Crippen LogP contribution in [0.3, 0.4) is 0 Å². The van der Waals surface area contributed by atoms with E-state index in [1.165, 1.54) is 11.3 Å². The van der Waals surface area contributed by atoms with Gasteiger partial charge in [-0.15, -0.1) is 11.3 Å². The molecule has 0 saturated carbocycles. The van der Waals surface area contributed by atoms with Crippen LogP contribution in [0.25, 0.3) is 0 Å². The van der Waals surface area contributed by atoms with Crippen molar-refractivity contribution in [1.82, 2.24) is 0 Å². The Kier molecular flexibility index (Phi) is 5.39. The number of fused-ring (bicyclic) bond motifs is 1. The van der Waals surface area contributed by atoms with E-state index >= 15 is 0 Å². The third kappa shape index (κ3) is 3.64. The summed E-state index contributed by atoms with van der Waals surface area (Å²) in [5.74, 6) is -0.477. The Morgan fingerprint density at radius 3 is 2.62 bits per heavy atom. The van der Waals surface area contributed by atoms with Crippen LogP contribution in [0.4, 0.5) is 5.00 Å². The lowest BCUT2D eigenvalue weighted by Crippen LogP contribution is -2.19. The highest BCUT2D eigenvalue weighted by Gasteiger charge is 2.26. The lowest BCUT2D eigenvalue weighted by Gasteiger charge is -2.09. The van der Waals surface area contributed by atoms with Crippen LogP contribution < -0.4 is 5.32 Å². The van der Waals surface area contributed by atoms with Crippen molar-refractivity contribution >= 4 is 28.2 Å². The molecule has 0 aromatic carbocycles. The molecular weight excluding hydrogens is 286 g/mol. The molecule has 0 aliphatic heterocycles. The molecule has 0 radical (unpaired) electrons. The summed E-state index contributed by atoms with van der Waals surface area (Å²) in [7, 11) is 0. The Morgan fingerprint density at radius 1 is 1.24 bits per heavy atom. The quantitative estimate of drug-likeness (QED) is 0.680. The summed E-state index contributed by atoms with van der Waals surface area (Å²) < 4.78 is 5.19. The van der Waals surface area contributed by atoms with Crippen molar-refractivity contribution in [3.8, 4) is 0 Å². The fraction of sp³-hybridized carbons (Fsp3) is 0.625. The van der Waals surface area contributed by atoms with E-state index < -0.39 is 0 Å². The summed E-state index contributed by atoms with van der Waals surface area (Å²) in [6.07, 6.45) is 5.32. The summed E-state index contributed by atoms with van der Waals surface area (Å²) in [5, 5.41) is 3.57. The number of ether oxygens (including phenoxy) is 1. The van der Waals surface area contributed by atoms with Gasteiger partial charge in [0.1, 0.15) is 5.00 Å². The minimum Gasteiger partial charge on any atom is -0.462 e. The first-order valence-corrected chi connectivity index (χ1v) is 8.48. The van der Waals surface area contributed by atoms with Crippen molar-refractivity contribution in [3.63, 3.8) is 0 Å². The van der Waals surface area contributed by atoms with E-state index in [0.717, 1.165) is 31.2 Å². The molecule has 1 aromatic heterocycles. The number of carbonyl (C=O) groups is 2. The fourth-order valence-electron chi connectivity index (χ4n) is 2.51. The molecule has 0 fully saturated rings. The summed E-state index contributed by atoms with van der Waals surface area (Å²) in [6.45, 7) is 5.84. The van der Waals surface area contributed by atoms with Crippen LogP contribution in [0.1, 0.15) is 60.8 Å². The molecule has 21 heavy (non-hydrogen) atoms. The first kappa shape index (κ1) is 16.0. The minimum atomic E-state index is -0.309. The number of thiophene rings is 1. The molecular formula is C16H23NO3S. The monoisotopic (exact) mass is 309 g/mol. The fourth-order valence-corrected chi connectivity index (χ4v) is 3.79. The van der Waals surface area contributed by atoms with Gasteiger partial charge in [0.15, 0.2) is 0 Å². The maximum Gasteiger partial charge on any atom is 0.341 e. The first-order chi connectivity index (χ1) is 10.0. The normalized spacial score (nSPS) is 14.5. The van der Waals surface area contributed by atoms with Crippen LogP contribution in [0.15, 0.2) is 0 Å². The molecule has 0 unspecified atom stereocenters. The van der Waals surface area contributed by atoms with Crippen LogP contribution in [-0.2, 0) is 22.4 Å². The number of amides is 1. The summed E-state index contributed by atoms with van der Waals surface area (Å²) in [6, 6.07) is 0. The molecule has 1 aliphatic carbocycles. The van der Waals surface area contributed by atoms with Crippen LogP contribution in [-0.4, -0.2) is 18.5 Å². The topological polar surface area (TPSA) is 55.4 Å². The number of aryl methyl sites for hydroxylation is 1. The van der Waals surface area contributed by atoms with E-state index in [-0.39, 0.29) is 17.8 Å². The number of rotatable bonds is 4. The van der Waals surface area contributed by atoms with Gasteiger partial charge < -0.3 is 10.1 Å². The van der Waals surface area contributed by atoms with Crippen molar-refractivity contribution in [2.24, 2.45) is 5.92 Å². The molecule has 1 amide bonds. The lowest BCUT2D eigenvalue weighted by atomic mass is 10.1. The van der Waals surface area contributed by atoms with E-state index in [1.807, 2.05) is 13.8 Å². The Morgan fingerprint density at radius 2 is 1.95 bits per heavy atom. The molecule has 0 saturated heterocycles. The number of hydrogen-bond acceptors (Lipinski definition) is 4. The Balaban J connectivity index is 2.38. The minimum absolute atomic E-state index is 0.0584. The van der Waals surface area contributed by atoms with Gasteiger partial charge in [0.2, 0.25) is 5.91 Å². The molecule has 0 bridgehead atoms. The largest absolute Gasteiger partial charge is 0.462 e. The molecule has 1 heterocycles. The highest BCUT2D eigenvalue weighted by molar-refractivity contribution is 7.17. The van der Waals surface area contributed by atoms with Crippen LogP contribution in [0, 0.1) is 5.92 Å². The molecule has 4 nitrogen and oxygen atoms in total. The molecule has 1 aliphatic rings. The first-order valence-electron chi connectivity index (χ1n) is 7.67. The average Bonchev–Trinajstić information content (AvgIpc) is 2.61. The molecule has 0 spiro atoms. The zero-order valence-corrected chi connectivity index (χ0v) is 13.8.